The molecule has 98 valence electrons. The molecule has 0 aliphatic heterocycles. The third-order valence-corrected chi connectivity index (χ3v) is 3.28. The van der Waals surface area contributed by atoms with Crippen LogP contribution in [-0.2, 0) is 4.79 Å². The Morgan fingerprint density at radius 3 is 2.50 bits per heavy atom. The highest BCUT2D eigenvalue weighted by Gasteiger charge is 2.37. The topological polar surface area (TPSA) is 46.5 Å². The number of hydrogen-bond donors (Lipinski definition) is 1. The van der Waals surface area contributed by atoms with E-state index in [1.807, 2.05) is 39.0 Å². The van der Waals surface area contributed by atoms with Gasteiger partial charge in [-0.2, -0.15) is 0 Å². The molecule has 3 nitrogen and oxygen atoms in total. The molecule has 1 aromatic rings. The summed E-state index contributed by atoms with van der Waals surface area (Å²) in [5, 5.41) is 9.31. The van der Waals surface area contributed by atoms with E-state index in [2.05, 4.69) is 0 Å². The summed E-state index contributed by atoms with van der Waals surface area (Å²) in [5.41, 5.74) is 1.91. The fourth-order valence-electron chi connectivity index (χ4n) is 2.30. The molecular formula is C15H20O3. The molecule has 1 aliphatic rings. The molecule has 0 aromatic heterocycles. The second-order valence-corrected chi connectivity index (χ2v) is 5.34. The number of carbonyl (C=O) groups is 1. The molecule has 1 unspecified atom stereocenters. The first-order valence-electron chi connectivity index (χ1n) is 6.49. The maximum Gasteiger partial charge on any atom is 0.311 e. The quantitative estimate of drug-likeness (QED) is 0.869. The van der Waals surface area contributed by atoms with Gasteiger partial charge in [-0.25, -0.2) is 0 Å². The lowest BCUT2D eigenvalue weighted by Gasteiger charge is -2.16. The highest BCUT2D eigenvalue weighted by Crippen LogP contribution is 2.43. The Morgan fingerprint density at radius 1 is 1.39 bits per heavy atom. The van der Waals surface area contributed by atoms with Gasteiger partial charge in [0.15, 0.2) is 0 Å². The molecule has 1 saturated carbocycles. The van der Waals surface area contributed by atoms with Gasteiger partial charge in [0.05, 0.1) is 12.0 Å². The predicted octanol–water partition coefficient (Wildman–Crippen LogP) is 3.36. The SMILES string of the molecule is Cc1cc(C(C(=O)O)C2CC2)ccc1OC(C)C. The van der Waals surface area contributed by atoms with E-state index >= 15 is 0 Å². The first-order chi connectivity index (χ1) is 8.49. The Bertz CT molecular complexity index is 447. The average Bonchev–Trinajstić information content (AvgIpc) is 3.05. The van der Waals surface area contributed by atoms with Crippen molar-refractivity contribution in [3.8, 4) is 5.75 Å². The number of carboxylic acid groups (broad SMARTS) is 1. The van der Waals surface area contributed by atoms with Crippen LogP contribution in [0.15, 0.2) is 18.2 Å². The van der Waals surface area contributed by atoms with Crippen LogP contribution in [0.4, 0.5) is 0 Å². The minimum absolute atomic E-state index is 0.133. The fraction of sp³-hybridized carbons (Fsp3) is 0.533. The zero-order valence-corrected chi connectivity index (χ0v) is 11.1. The van der Waals surface area contributed by atoms with Crippen LogP contribution in [0, 0.1) is 12.8 Å². The summed E-state index contributed by atoms with van der Waals surface area (Å²) in [7, 11) is 0. The minimum atomic E-state index is -0.713. The molecule has 1 fully saturated rings. The fourth-order valence-corrected chi connectivity index (χ4v) is 2.30. The van der Waals surface area contributed by atoms with Gasteiger partial charge in [0.1, 0.15) is 5.75 Å². The zero-order valence-electron chi connectivity index (χ0n) is 11.1. The molecule has 0 bridgehead atoms. The molecule has 1 aliphatic carbocycles. The monoisotopic (exact) mass is 248 g/mol. The van der Waals surface area contributed by atoms with E-state index in [9.17, 15) is 9.90 Å². The first kappa shape index (κ1) is 12.9. The van der Waals surface area contributed by atoms with Gasteiger partial charge in [-0.3, -0.25) is 4.79 Å². The predicted molar refractivity (Wildman–Crippen MR) is 70.0 cm³/mol. The number of ether oxygens (including phenoxy) is 1. The molecular weight excluding hydrogens is 228 g/mol. The van der Waals surface area contributed by atoms with Crippen molar-refractivity contribution in [2.45, 2.75) is 45.6 Å². The van der Waals surface area contributed by atoms with E-state index < -0.39 is 5.97 Å². The largest absolute Gasteiger partial charge is 0.491 e. The lowest BCUT2D eigenvalue weighted by Crippen LogP contribution is -2.14. The van der Waals surface area contributed by atoms with Gasteiger partial charge in [0, 0.05) is 0 Å². The van der Waals surface area contributed by atoms with Gasteiger partial charge in [-0.05, 0) is 56.7 Å². The van der Waals surface area contributed by atoms with Crippen LogP contribution >= 0.6 is 0 Å². The Kier molecular flexibility index (Phi) is 3.60. The van der Waals surface area contributed by atoms with Crippen LogP contribution < -0.4 is 4.74 Å². The third kappa shape index (κ3) is 2.84. The summed E-state index contributed by atoms with van der Waals surface area (Å²) in [4.78, 5) is 11.3. The molecule has 1 atom stereocenters. The third-order valence-electron chi connectivity index (χ3n) is 3.28. The molecule has 3 heteroatoms. The van der Waals surface area contributed by atoms with Crippen molar-refractivity contribution in [3.05, 3.63) is 29.3 Å². The maximum atomic E-state index is 11.3. The summed E-state index contributed by atoms with van der Waals surface area (Å²) in [6, 6.07) is 5.74. The second-order valence-electron chi connectivity index (χ2n) is 5.34. The molecule has 0 radical (unpaired) electrons. The van der Waals surface area contributed by atoms with Crippen LogP contribution in [0.3, 0.4) is 0 Å². The Labute approximate surface area is 108 Å². The van der Waals surface area contributed by atoms with Gasteiger partial charge in [0.2, 0.25) is 0 Å². The highest BCUT2D eigenvalue weighted by molar-refractivity contribution is 5.77. The van der Waals surface area contributed by atoms with Gasteiger partial charge in [-0.15, -0.1) is 0 Å². The van der Waals surface area contributed by atoms with E-state index in [-0.39, 0.29) is 12.0 Å². The van der Waals surface area contributed by atoms with E-state index in [4.69, 9.17) is 4.74 Å². The Morgan fingerprint density at radius 2 is 2.06 bits per heavy atom. The maximum absolute atomic E-state index is 11.3. The molecule has 0 spiro atoms. The standard InChI is InChI=1S/C15H20O3/c1-9(2)18-13-7-6-12(8-10(13)3)14(15(16)17)11-4-5-11/h6-9,11,14H,4-5H2,1-3H3,(H,16,17). The first-order valence-corrected chi connectivity index (χ1v) is 6.49. The van der Waals surface area contributed by atoms with Crippen molar-refractivity contribution >= 4 is 5.97 Å². The van der Waals surface area contributed by atoms with E-state index in [0.29, 0.717) is 5.92 Å². The van der Waals surface area contributed by atoms with Crippen molar-refractivity contribution in [1.82, 2.24) is 0 Å². The number of aliphatic carboxylic acids is 1. The van der Waals surface area contributed by atoms with Crippen molar-refractivity contribution in [2.75, 3.05) is 0 Å². The smallest absolute Gasteiger partial charge is 0.311 e. The summed E-state index contributed by atoms with van der Waals surface area (Å²) in [6.07, 6.45) is 2.19. The molecule has 1 N–H and O–H groups in total. The van der Waals surface area contributed by atoms with Crippen LogP contribution in [0.25, 0.3) is 0 Å². The van der Waals surface area contributed by atoms with E-state index in [0.717, 1.165) is 29.7 Å². The molecule has 2 rings (SSSR count). The Balaban J connectivity index is 2.24. The van der Waals surface area contributed by atoms with Gasteiger partial charge >= 0.3 is 5.97 Å². The highest BCUT2D eigenvalue weighted by atomic mass is 16.5. The molecule has 0 amide bonds. The number of aryl methyl sites for hydroxylation is 1. The number of carboxylic acids is 1. The van der Waals surface area contributed by atoms with Crippen molar-refractivity contribution in [3.63, 3.8) is 0 Å². The summed E-state index contributed by atoms with van der Waals surface area (Å²) < 4.78 is 5.67. The van der Waals surface area contributed by atoms with Crippen molar-refractivity contribution < 1.29 is 14.6 Å². The summed E-state index contributed by atoms with van der Waals surface area (Å²) >= 11 is 0. The summed E-state index contributed by atoms with van der Waals surface area (Å²) in [5.74, 6) is 0.0960. The lowest BCUT2D eigenvalue weighted by molar-refractivity contribution is -0.139. The van der Waals surface area contributed by atoms with Gasteiger partial charge in [0.25, 0.3) is 0 Å². The number of rotatable bonds is 5. The second kappa shape index (κ2) is 5.01. The van der Waals surface area contributed by atoms with E-state index in [1.54, 1.807) is 0 Å². The zero-order chi connectivity index (χ0) is 13.3. The number of benzene rings is 1. The van der Waals surface area contributed by atoms with Crippen molar-refractivity contribution in [1.29, 1.82) is 0 Å². The number of hydrogen-bond acceptors (Lipinski definition) is 2. The molecule has 18 heavy (non-hydrogen) atoms. The molecule has 1 aromatic carbocycles. The Hall–Kier alpha value is -1.51. The normalized spacial score (nSPS) is 16.7. The molecule has 0 saturated heterocycles. The van der Waals surface area contributed by atoms with Crippen LogP contribution in [0.2, 0.25) is 0 Å². The van der Waals surface area contributed by atoms with Gasteiger partial charge < -0.3 is 9.84 Å². The average molecular weight is 248 g/mol. The van der Waals surface area contributed by atoms with Crippen LogP contribution in [-0.4, -0.2) is 17.2 Å². The van der Waals surface area contributed by atoms with Crippen molar-refractivity contribution in [2.24, 2.45) is 5.92 Å². The minimum Gasteiger partial charge on any atom is -0.491 e. The lowest BCUT2D eigenvalue weighted by atomic mass is 9.93. The van der Waals surface area contributed by atoms with Crippen LogP contribution in [0.5, 0.6) is 5.75 Å². The summed E-state index contributed by atoms with van der Waals surface area (Å²) in [6.45, 7) is 5.93. The van der Waals surface area contributed by atoms with E-state index in [1.165, 1.54) is 0 Å². The van der Waals surface area contributed by atoms with Crippen LogP contribution in [0.1, 0.15) is 43.7 Å². The molecule has 0 heterocycles. The van der Waals surface area contributed by atoms with Gasteiger partial charge in [-0.1, -0.05) is 12.1 Å².